The van der Waals surface area contributed by atoms with Crippen LogP contribution in [-0.4, -0.2) is 25.1 Å². The lowest BCUT2D eigenvalue weighted by Crippen LogP contribution is -2.23. The fraction of sp³-hybridized carbons (Fsp3) is 0.231. The van der Waals surface area contributed by atoms with Gasteiger partial charge in [0.25, 0.3) is 0 Å². The van der Waals surface area contributed by atoms with Crippen LogP contribution in [0.2, 0.25) is 0 Å². The Balaban J connectivity index is 2.32. The van der Waals surface area contributed by atoms with Gasteiger partial charge in [-0.1, -0.05) is 60.2 Å². The van der Waals surface area contributed by atoms with Gasteiger partial charge in [-0.3, -0.25) is 0 Å². The summed E-state index contributed by atoms with van der Waals surface area (Å²) in [5.74, 6) is 0.874. The van der Waals surface area contributed by atoms with Crippen LogP contribution in [0.5, 0.6) is 5.75 Å². The van der Waals surface area contributed by atoms with E-state index in [-0.39, 0.29) is 0 Å². The van der Waals surface area contributed by atoms with Crippen molar-refractivity contribution in [2.45, 2.75) is 20.8 Å². The zero-order chi connectivity index (χ0) is 19.9. The Morgan fingerprint density at radius 1 is 0.714 bits per heavy atom. The van der Waals surface area contributed by atoms with Gasteiger partial charge in [-0.15, -0.1) is 0 Å². The van der Waals surface area contributed by atoms with Gasteiger partial charge in [-0.2, -0.15) is 0 Å². The molecule has 2 heteroatoms. The summed E-state index contributed by atoms with van der Waals surface area (Å²) in [6.07, 6.45) is 0. The number of hydrogen-bond acceptors (Lipinski definition) is 2. The minimum absolute atomic E-state index is 0.874. The van der Waals surface area contributed by atoms with Crippen molar-refractivity contribution in [1.29, 1.82) is 0 Å². The third kappa shape index (κ3) is 4.28. The molecule has 144 valence electrons. The van der Waals surface area contributed by atoms with Crippen LogP contribution in [0.3, 0.4) is 0 Å². The molecule has 3 aromatic rings. The maximum Gasteiger partial charge on any atom is 0.118 e. The first-order valence-corrected chi connectivity index (χ1v) is 9.94. The van der Waals surface area contributed by atoms with Crippen LogP contribution >= 0.6 is 0 Å². The summed E-state index contributed by atoms with van der Waals surface area (Å²) >= 11 is 0. The topological polar surface area (TPSA) is 12.5 Å². The lowest BCUT2D eigenvalue weighted by molar-refractivity contribution is 0.414. The van der Waals surface area contributed by atoms with E-state index in [4.69, 9.17) is 4.74 Å². The molecular weight excluding hydrogens is 342 g/mol. The molecule has 0 bridgehead atoms. The monoisotopic (exact) mass is 371 g/mol. The number of hydrogen-bond donors (Lipinski definition) is 0. The molecule has 2 nitrogen and oxygen atoms in total. The molecule has 0 amide bonds. The molecule has 3 aromatic carbocycles. The third-order valence-electron chi connectivity index (χ3n) is 5.08. The summed E-state index contributed by atoms with van der Waals surface area (Å²) in [5.41, 5.74) is 7.43. The van der Waals surface area contributed by atoms with E-state index in [1.54, 1.807) is 7.11 Å². The largest absolute Gasteiger partial charge is 0.497 e. The summed E-state index contributed by atoms with van der Waals surface area (Å²) in [5, 5.41) is 0. The molecule has 0 N–H and O–H groups in total. The van der Waals surface area contributed by atoms with Crippen LogP contribution in [0.15, 0.2) is 78.9 Å². The molecule has 0 saturated carbocycles. The summed E-state index contributed by atoms with van der Waals surface area (Å²) < 4.78 is 5.38. The van der Waals surface area contributed by atoms with E-state index in [2.05, 4.69) is 92.4 Å². The SMILES string of the molecule is CCN(CC)/C(=C(/c1ccccc1)c1ccc(C)cc1)c1ccc(OC)cc1. The van der Waals surface area contributed by atoms with Crippen LogP contribution in [0.4, 0.5) is 0 Å². The maximum absolute atomic E-state index is 5.38. The fourth-order valence-electron chi connectivity index (χ4n) is 3.54. The zero-order valence-corrected chi connectivity index (χ0v) is 17.3. The van der Waals surface area contributed by atoms with Crippen molar-refractivity contribution in [2.24, 2.45) is 0 Å². The van der Waals surface area contributed by atoms with Crippen molar-refractivity contribution in [3.05, 3.63) is 101 Å². The number of ether oxygens (including phenoxy) is 1. The second kappa shape index (κ2) is 9.27. The van der Waals surface area contributed by atoms with E-state index in [1.807, 2.05) is 12.1 Å². The van der Waals surface area contributed by atoms with Gasteiger partial charge in [-0.25, -0.2) is 0 Å². The van der Waals surface area contributed by atoms with Crippen molar-refractivity contribution >= 4 is 11.3 Å². The highest BCUT2D eigenvalue weighted by molar-refractivity contribution is 5.98. The van der Waals surface area contributed by atoms with Crippen molar-refractivity contribution in [2.75, 3.05) is 20.2 Å². The van der Waals surface area contributed by atoms with Crippen LogP contribution in [0, 0.1) is 6.92 Å². The van der Waals surface area contributed by atoms with Gasteiger partial charge in [0.05, 0.1) is 12.8 Å². The first-order chi connectivity index (χ1) is 13.7. The highest BCUT2D eigenvalue weighted by Gasteiger charge is 2.18. The molecule has 0 spiro atoms. The Morgan fingerprint density at radius 2 is 1.25 bits per heavy atom. The first-order valence-electron chi connectivity index (χ1n) is 9.94. The van der Waals surface area contributed by atoms with E-state index in [0.717, 1.165) is 18.8 Å². The Morgan fingerprint density at radius 3 is 1.79 bits per heavy atom. The Labute approximate surface area is 169 Å². The first kappa shape index (κ1) is 19.8. The predicted octanol–water partition coefficient (Wildman–Crippen LogP) is 6.26. The van der Waals surface area contributed by atoms with E-state index in [0.29, 0.717) is 0 Å². The highest BCUT2D eigenvalue weighted by atomic mass is 16.5. The molecule has 0 radical (unpaired) electrons. The van der Waals surface area contributed by atoms with Crippen molar-refractivity contribution in [1.82, 2.24) is 4.90 Å². The van der Waals surface area contributed by atoms with Gasteiger partial charge in [-0.05, 0) is 61.7 Å². The fourth-order valence-corrected chi connectivity index (χ4v) is 3.54. The average Bonchev–Trinajstić information content (AvgIpc) is 2.76. The second-order valence-electron chi connectivity index (χ2n) is 6.86. The third-order valence-corrected chi connectivity index (χ3v) is 5.08. The van der Waals surface area contributed by atoms with Gasteiger partial charge >= 0.3 is 0 Å². The molecule has 0 unspecified atom stereocenters. The molecule has 0 aliphatic heterocycles. The van der Waals surface area contributed by atoms with Crippen LogP contribution in [-0.2, 0) is 0 Å². The molecule has 0 atom stereocenters. The van der Waals surface area contributed by atoms with E-state index in [9.17, 15) is 0 Å². The summed E-state index contributed by atoms with van der Waals surface area (Å²) in [4.78, 5) is 2.43. The summed E-state index contributed by atoms with van der Waals surface area (Å²) in [6.45, 7) is 8.44. The van der Waals surface area contributed by atoms with Gasteiger partial charge in [0.2, 0.25) is 0 Å². The van der Waals surface area contributed by atoms with Crippen molar-refractivity contribution < 1.29 is 4.74 Å². The second-order valence-corrected chi connectivity index (χ2v) is 6.86. The van der Waals surface area contributed by atoms with Crippen molar-refractivity contribution in [3.63, 3.8) is 0 Å². The quantitative estimate of drug-likeness (QED) is 0.454. The number of aryl methyl sites for hydroxylation is 1. The van der Waals surface area contributed by atoms with Crippen LogP contribution < -0.4 is 4.74 Å². The van der Waals surface area contributed by atoms with E-state index < -0.39 is 0 Å². The molecule has 0 aromatic heterocycles. The Hall–Kier alpha value is -3.00. The minimum atomic E-state index is 0.874. The molecule has 0 aliphatic rings. The Bertz CT molecular complexity index is 905. The van der Waals surface area contributed by atoms with E-state index >= 15 is 0 Å². The van der Waals surface area contributed by atoms with Crippen molar-refractivity contribution in [3.8, 4) is 5.75 Å². The predicted molar refractivity (Wildman–Crippen MR) is 119 cm³/mol. The number of nitrogens with zero attached hydrogens (tertiary/aromatic N) is 1. The maximum atomic E-state index is 5.38. The number of methoxy groups -OCH3 is 1. The molecule has 3 rings (SSSR count). The smallest absolute Gasteiger partial charge is 0.118 e. The minimum Gasteiger partial charge on any atom is -0.497 e. The van der Waals surface area contributed by atoms with Crippen LogP contribution in [0.1, 0.15) is 36.1 Å². The van der Waals surface area contributed by atoms with Crippen LogP contribution in [0.25, 0.3) is 11.3 Å². The number of benzene rings is 3. The summed E-state index contributed by atoms with van der Waals surface area (Å²) in [6, 6.07) is 27.9. The lowest BCUT2D eigenvalue weighted by atomic mass is 9.92. The Kier molecular flexibility index (Phi) is 6.54. The van der Waals surface area contributed by atoms with Gasteiger partial charge in [0, 0.05) is 18.7 Å². The zero-order valence-electron chi connectivity index (χ0n) is 17.3. The molecular formula is C26H29NO. The van der Waals surface area contributed by atoms with Gasteiger partial charge in [0.1, 0.15) is 5.75 Å². The standard InChI is InChI=1S/C26H29NO/c1-5-27(6-2)26(23-16-18-24(28-4)19-17-23)25(21-10-8-7-9-11-21)22-14-12-20(3)13-15-22/h7-19H,5-6H2,1-4H3/b26-25-. The average molecular weight is 372 g/mol. The molecule has 0 heterocycles. The normalized spacial score (nSPS) is 11.7. The molecule has 0 fully saturated rings. The lowest BCUT2D eigenvalue weighted by Gasteiger charge is -2.29. The molecule has 0 saturated heterocycles. The molecule has 28 heavy (non-hydrogen) atoms. The van der Waals surface area contributed by atoms with Gasteiger partial charge in [0.15, 0.2) is 0 Å². The summed E-state index contributed by atoms with van der Waals surface area (Å²) in [7, 11) is 1.71. The number of rotatable bonds is 7. The molecule has 0 aliphatic carbocycles. The highest BCUT2D eigenvalue weighted by Crippen LogP contribution is 2.35. The van der Waals surface area contributed by atoms with Gasteiger partial charge < -0.3 is 9.64 Å². The van der Waals surface area contributed by atoms with E-state index in [1.165, 1.54) is 33.5 Å².